The molecule has 1 saturated carbocycles. The Morgan fingerprint density at radius 3 is 1.27 bits per heavy atom. The van der Waals surface area contributed by atoms with Crippen LogP contribution >= 0.6 is 0 Å². The van der Waals surface area contributed by atoms with E-state index in [2.05, 4.69) is 79.7 Å². The van der Waals surface area contributed by atoms with Crippen molar-refractivity contribution in [2.75, 3.05) is 0 Å². The van der Waals surface area contributed by atoms with Crippen LogP contribution in [-0.4, -0.2) is 10.7 Å². The molecule has 0 bridgehead atoms. The Balaban J connectivity index is 0.000000173. The van der Waals surface area contributed by atoms with Crippen LogP contribution in [0.5, 0.6) is 11.5 Å². The van der Waals surface area contributed by atoms with Crippen molar-refractivity contribution in [3.8, 4) is 11.5 Å². The van der Waals surface area contributed by atoms with Gasteiger partial charge in [-0.3, -0.25) is 0 Å². The monoisotopic (exact) mass is 676 g/mol. The summed E-state index contributed by atoms with van der Waals surface area (Å²) in [4.78, 5) is 6.67. The summed E-state index contributed by atoms with van der Waals surface area (Å²) in [6.45, 7) is 2.10. The van der Waals surface area contributed by atoms with Crippen LogP contribution in [0.25, 0.3) is 0 Å². The maximum absolute atomic E-state index is 14.5. The second-order valence-corrected chi connectivity index (χ2v) is 15.9. The van der Waals surface area contributed by atoms with Crippen LogP contribution in [0.2, 0.25) is 0 Å². The van der Waals surface area contributed by atoms with E-state index in [0.29, 0.717) is 5.75 Å². The predicted molar refractivity (Wildman–Crippen MR) is 192 cm³/mol. The molecule has 6 aromatic rings. The smallest absolute Gasteiger partial charge is 0.170 e. The average molecular weight is 677 g/mol. The highest BCUT2D eigenvalue weighted by molar-refractivity contribution is 7.97. The summed E-state index contributed by atoms with van der Waals surface area (Å²) in [5, 5.41) is 9.67. The summed E-state index contributed by atoms with van der Waals surface area (Å²) in [5.41, 5.74) is -0.252. The molecule has 0 radical (unpaired) electrons. The van der Waals surface area contributed by atoms with Gasteiger partial charge < -0.3 is 9.84 Å². The first kappa shape index (κ1) is 33.4. The first-order valence-electron chi connectivity index (χ1n) is 16.1. The Kier molecular flexibility index (Phi) is 10.8. The van der Waals surface area contributed by atoms with Crippen molar-refractivity contribution < 1.29 is 18.6 Å². The van der Waals surface area contributed by atoms with E-state index in [1.54, 1.807) is 12.1 Å². The van der Waals surface area contributed by atoms with Gasteiger partial charge in [-0.2, -0.15) is 0 Å². The molecule has 0 aliphatic heterocycles. The molecule has 1 aliphatic carbocycles. The SMILES string of the molecule is CC1(Oc2cc([S+](c3ccccc3)c3ccccc3)ccc2F)CCCC1.Oc1cc([S+](c2ccccc2)c2ccccc2)ccc1F. The molecule has 6 aromatic carbocycles. The van der Waals surface area contributed by atoms with Crippen molar-refractivity contribution in [3.05, 3.63) is 169 Å². The fourth-order valence-electron chi connectivity index (χ4n) is 5.84. The van der Waals surface area contributed by atoms with Crippen LogP contribution in [0.3, 0.4) is 0 Å². The molecule has 0 unspecified atom stereocenters. The maximum atomic E-state index is 14.5. The highest BCUT2D eigenvalue weighted by Gasteiger charge is 2.34. The first-order chi connectivity index (χ1) is 23.4. The van der Waals surface area contributed by atoms with E-state index in [4.69, 9.17) is 4.74 Å². The minimum Gasteiger partial charge on any atom is -0.505 e. The Bertz CT molecular complexity index is 1820. The second-order valence-electron chi connectivity index (χ2n) is 11.8. The molecule has 0 heterocycles. The average Bonchev–Trinajstić information content (AvgIpc) is 3.56. The van der Waals surface area contributed by atoms with Gasteiger partial charge in [0, 0.05) is 12.1 Å². The molecular weight excluding hydrogens is 639 g/mol. The van der Waals surface area contributed by atoms with E-state index < -0.39 is 5.82 Å². The molecule has 2 nitrogen and oxygen atoms in total. The maximum Gasteiger partial charge on any atom is 0.170 e. The van der Waals surface area contributed by atoms with Gasteiger partial charge >= 0.3 is 0 Å². The Hall–Kier alpha value is -4.52. The number of phenols is 1. The standard InChI is InChI=1S/C24H24FOS.C18H13FOS/c1-24(16-8-9-17-24)26-23-18-21(14-15-22(23)25)27(19-10-4-2-5-11-19)20-12-6-3-7-13-20;19-17-12-11-16(13-18(17)20)21(14-7-3-1-4-8-14)15-9-5-2-6-10-15/h2-7,10-15,18H,8-9,16-17H2,1H3;1-13H/q+1;/p+1. The normalized spacial score (nSPS) is 13.6. The summed E-state index contributed by atoms with van der Waals surface area (Å²) in [6, 6.07) is 50.8. The van der Waals surface area contributed by atoms with Crippen LogP contribution in [0, 0.1) is 11.6 Å². The number of rotatable bonds is 8. The number of phenolic OH excluding ortho intramolecular Hbond substituents is 1. The molecule has 0 amide bonds. The van der Waals surface area contributed by atoms with E-state index in [0.717, 1.165) is 45.3 Å². The molecule has 1 N–H and O–H groups in total. The van der Waals surface area contributed by atoms with Gasteiger partial charge in [-0.1, -0.05) is 72.8 Å². The summed E-state index contributed by atoms with van der Waals surface area (Å²) in [6.07, 6.45) is 4.27. The summed E-state index contributed by atoms with van der Waals surface area (Å²) in [7, 11) is -0.656. The molecular formula is C42H38F2O2S2+2. The minimum atomic E-state index is -0.594. The van der Waals surface area contributed by atoms with Crippen molar-refractivity contribution in [3.63, 3.8) is 0 Å². The van der Waals surface area contributed by atoms with Crippen molar-refractivity contribution >= 4 is 21.8 Å². The van der Waals surface area contributed by atoms with Crippen LogP contribution in [0.1, 0.15) is 32.6 Å². The van der Waals surface area contributed by atoms with E-state index in [1.165, 1.54) is 21.9 Å². The van der Waals surface area contributed by atoms with Gasteiger partial charge in [-0.05, 0) is 105 Å². The molecule has 48 heavy (non-hydrogen) atoms. The number of halogens is 2. The third kappa shape index (κ3) is 8.12. The van der Waals surface area contributed by atoms with Gasteiger partial charge in [0.05, 0.1) is 21.8 Å². The molecule has 1 aliphatic rings. The summed E-state index contributed by atoms with van der Waals surface area (Å²) in [5.74, 6) is -0.807. The van der Waals surface area contributed by atoms with Crippen molar-refractivity contribution in [2.45, 2.75) is 67.6 Å². The van der Waals surface area contributed by atoms with Gasteiger partial charge in [0.2, 0.25) is 0 Å². The van der Waals surface area contributed by atoms with E-state index in [-0.39, 0.29) is 39.0 Å². The number of aromatic hydroxyl groups is 1. The van der Waals surface area contributed by atoms with Gasteiger partial charge in [0.15, 0.2) is 52.5 Å². The minimum absolute atomic E-state index is 0.252. The predicted octanol–water partition coefficient (Wildman–Crippen LogP) is 11.3. The molecule has 0 saturated heterocycles. The molecule has 1 fully saturated rings. The number of ether oxygens (including phenoxy) is 1. The fraction of sp³-hybridized carbons (Fsp3) is 0.143. The van der Waals surface area contributed by atoms with Gasteiger partial charge in [0.1, 0.15) is 5.60 Å². The molecule has 0 atom stereocenters. The number of benzene rings is 6. The van der Waals surface area contributed by atoms with Gasteiger partial charge in [-0.15, -0.1) is 0 Å². The van der Waals surface area contributed by atoms with Crippen LogP contribution in [-0.2, 0) is 21.8 Å². The largest absolute Gasteiger partial charge is 0.505 e. The zero-order valence-corrected chi connectivity index (χ0v) is 28.4. The Morgan fingerprint density at radius 2 is 0.875 bits per heavy atom. The lowest BCUT2D eigenvalue weighted by atomic mass is 10.1. The van der Waals surface area contributed by atoms with Gasteiger partial charge in [0.25, 0.3) is 0 Å². The zero-order valence-electron chi connectivity index (χ0n) is 26.8. The molecule has 0 aromatic heterocycles. The molecule has 242 valence electrons. The Morgan fingerprint density at radius 1 is 0.500 bits per heavy atom. The summed E-state index contributed by atoms with van der Waals surface area (Å²) < 4.78 is 34.0. The first-order valence-corrected chi connectivity index (χ1v) is 18.5. The summed E-state index contributed by atoms with van der Waals surface area (Å²) >= 11 is 0. The highest BCUT2D eigenvalue weighted by Crippen LogP contribution is 2.38. The number of hydrogen-bond acceptors (Lipinski definition) is 2. The highest BCUT2D eigenvalue weighted by atomic mass is 32.2. The van der Waals surface area contributed by atoms with Crippen molar-refractivity contribution in [1.29, 1.82) is 0 Å². The van der Waals surface area contributed by atoms with E-state index in [1.807, 2.05) is 60.7 Å². The second kappa shape index (κ2) is 15.6. The topological polar surface area (TPSA) is 29.5 Å². The third-order valence-corrected chi connectivity index (χ3v) is 12.6. The third-order valence-electron chi connectivity index (χ3n) is 8.22. The molecule has 6 heteroatoms. The lowest BCUT2D eigenvalue weighted by Gasteiger charge is -2.26. The zero-order chi connectivity index (χ0) is 33.3. The van der Waals surface area contributed by atoms with Gasteiger partial charge in [-0.25, -0.2) is 8.78 Å². The number of hydrogen-bond donors (Lipinski definition) is 1. The lowest BCUT2D eigenvalue weighted by Crippen LogP contribution is -2.28. The van der Waals surface area contributed by atoms with Crippen molar-refractivity contribution in [2.24, 2.45) is 0 Å². The lowest BCUT2D eigenvalue weighted by molar-refractivity contribution is 0.0910. The van der Waals surface area contributed by atoms with Crippen LogP contribution < -0.4 is 4.74 Å². The van der Waals surface area contributed by atoms with E-state index in [9.17, 15) is 13.9 Å². The molecule has 0 spiro atoms. The van der Waals surface area contributed by atoms with E-state index >= 15 is 0 Å². The van der Waals surface area contributed by atoms with Crippen LogP contribution in [0.4, 0.5) is 8.78 Å². The van der Waals surface area contributed by atoms with Crippen molar-refractivity contribution in [1.82, 2.24) is 0 Å². The van der Waals surface area contributed by atoms with Crippen LogP contribution in [0.15, 0.2) is 187 Å². The fourth-order valence-corrected chi connectivity index (χ4v) is 10.1. The Labute approximate surface area is 287 Å². The molecule has 7 rings (SSSR count). The quantitative estimate of drug-likeness (QED) is 0.163.